The van der Waals surface area contributed by atoms with Crippen molar-refractivity contribution in [2.45, 2.75) is 135 Å². The standard InChI is InChI=1S/C40H64N6O6Si2/c1-12-51-28(2)35-36(30-21-32-15-16-33(22-30)45(32)39(48)52-40(3,4)5)43-37-34(29-13-14-31(25-47)41-23-29)24-42-46(37)38(35)44(26-49-17-19-53(6,7)8)27-50-18-20-54(9,10)11/h13-14,23-24,30,32-33,47H,2,12,15-22,25-27H2,1,3-11H3/t30?,32-,33+. The number of carbonyl (C=O) groups is 1. The predicted octanol–water partition coefficient (Wildman–Crippen LogP) is 8.37. The van der Waals surface area contributed by atoms with Crippen molar-refractivity contribution in [2.24, 2.45) is 0 Å². The van der Waals surface area contributed by atoms with Crippen LogP contribution in [0, 0.1) is 0 Å². The van der Waals surface area contributed by atoms with Crippen LogP contribution in [0.1, 0.15) is 76.2 Å². The Bertz CT molecular complexity index is 1710. The van der Waals surface area contributed by atoms with Crippen molar-refractivity contribution in [3.8, 4) is 11.1 Å². The van der Waals surface area contributed by atoms with E-state index >= 15 is 0 Å². The lowest BCUT2D eigenvalue weighted by Gasteiger charge is -2.40. The topological polar surface area (TPSA) is 124 Å². The van der Waals surface area contributed by atoms with Crippen LogP contribution in [0.3, 0.4) is 0 Å². The van der Waals surface area contributed by atoms with Gasteiger partial charge in [-0.25, -0.2) is 9.78 Å². The first kappa shape index (κ1) is 41.8. The van der Waals surface area contributed by atoms with Gasteiger partial charge in [-0.2, -0.15) is 9.61 Å². The molecule has 3 atom stereocenters. The molecule has 1 N–H and O–H groups in total. The van der Waals surface area contributed by atoms with E-state index < -0.39 is 21.7 Å². The summed E-state index contributed by atoms with van der Waals surface area (Å²) in [5.41, 5.74) is 3.99. The number of aliphatic hydroxyl groups excluding tert-OH is 1. The zero-order valence-corrected chi connectivity index (χ0v) is 36.4. The van der Waals surface area contributed by atoms with E-state index in [1.165, 1.54) is 0 Å². The minimum Gasteiger partial charge on any atom is -0.494 e. The van der Waals surface area contributed by atoms with Gasteiger partial charge in [-0.1, -0.05) is 51.9 Å². The fourth-order valence-electron chi connectivity index (χ4n) is 7.26. The Morgan fingerprint density at radius 1 is 0.981 bits per heavy atom. The van der Waals surface area contributed by atoms with Gasteiger partial charge in [0.25, 0.3) is 0 Å². The zero-order chi connectivity index (χ0) is 39.4. The van der Waals surface area contributed by atoms with Gasteiger partial charge in [-0.3, -0.25) is 4.98 Å². The highest BCUT2D eigenvalue weighted by atomic mass is 28.3. The SMILES string of the molecule is C=C(OCC)c1c(C2C[C@H]3CC[C@@H](C2)N3C(=O)OC(C)(C)C)nc2c(-c3ccc(CO)nc3)cnn2c1N(COCC[Si](C)(C)C)COCC[Si](C)(C)C. The van der Waals surface area contributed by atoms with Gasteiger partial charge in [0, 0.05) is 64.7 Å². The maximum Gasteiger partial charge on any atom is 0.410 e. The van der Waals surface area contributed by atoms with Crippen LogP contribution in [0.4, 0.5) is 10.6 Å². The number of nitrogens with zero attached hydrogens (tertiary/aromatic N) is 6. The second kappa shape index (κ2) is 17.2. The lowest BCUT2D eigenvalue weighted by atomic mass is 9.85. The number of hydrogen-bond acceptors (Lipinski definition) is 10. The number of piperidine rings is 1. The quantitative estimate of drug-likeness (QED) is 0.0619. The first-order chi connectivity index (χ1) is 25.4. The van der Waals surface area contributed by atoms with Crippen LogP contribution in [0.15, 0.2) is 31.1 Å². The maximum absolute atomic E-state index is 13.5. The molecule has 1 amide bonds. The van der Waals surface area contributed by atoms with Crippen LogP contribution in [0.5, 0.6) is 0 Å². The second-order valence-electron chi connectivity index (χ2n) is 18.2. The fraction of sp³-hybridized carbons (Fsp3) is 0.650. The predicted molar refractivity (Wildman–Crippen MR) is 220 cm³/mol. The Morgan fingerprint density at radius 2 is 1.59 bits per heavy atom. The first-order valence-corrected chi connectivity index (χ1v) is 27.0. The Labute approximate surface area is 324 Å². The third kappa shape index (κ3) is 10.5. The van der Waals surface area contributed by atoms with Crippen molar-refractivity contribution in [3.63, 3.8) is 0 Å². The smallest absolute Gasteiger partial charge is 0.410 e. The number of pyridine rings is 1. The fourth-order valence-corrected chi connectivity index (χ4v) is 8.77. The number of amides is 1. The number of aliphatic hydroxyl groups is 1. The van der Waals surface area contributed by atoms with E-state index in [0.29, 0.717) is 36.9 Å². The van der Waals surface area contributed by atoms with Crippen LogP contribution in [-0.2, 0) is 25.6 Å². The minimum atomic E-state index is -1.34. The molecule has 298 valence electrons. The Morgan fingerprint density at radius 3 is 2.09 bits per heavy atom. The largest absolute Gasteiger partial charge is 0.494 e. The second-order valence-corrected chi connectivity index (χ2v) is 29.5. The summed E-state index contributed by atoms with van der Waals surface area (Å²) in [5.74, 6) is 1.28. The highest BCUT2D eigenvalue weighted by Gasteiger charge is 2.46. The van der Waals surface area contributed by atoms with Gasteiger partial charge in [-0.05, 0) is 71.5 Å². The number of rotatable bonds is 17. The molecule has 54 heavy (non-hydrogen) atoms. The summed E-state index contributed by atoms with van der Waals surface area (Å²) < 4.78 is 26.9. The molecule has 0 aliphatic carbocycles. The molecule has 2 aliphatic heterocycles. The number of anilines is 1. The molecule has 3 aromatic heterocycles. The van der Waals surface area contributed by atoms with Gasteiger partial charge >= 0.3 is 6.09 Å². The average molecular weight is 781 g/mol. The molecule has 12 nitrogen and oxygen atoms in total. The Kier molecular flexibility index (Phi) is 13.4. The first-order valence-electron chi connectivity index (χ1n) is 19.6. The molecule has 0 spiro atoms. The number of ether oxygens (including phenoxy) is 4. The molecule has 5 rings (SSSR count). The molecular formula is C40H64N6O6Si2. The van der Waals surface area contributed by atoms with Crippen molar-refractivity contribution in [3.05, 3.63) is 48.1 Å². The number of aromatic nitrogens is 4. The van der Waals surface area contributed by atoms with Gasteiger partial charge in [0.15, 0.2) is 5.65 Å². The summed E-state index contributed by atoms with van der Waals surface area (Å²) in [6, 6.07) is 5.90. The van der Waals surface area contributed by atoms with Gasteiger partial charge in [0.2, 0.25) is 0 Å². The Balaban J connectivity index is 1.66. The molecule has 2 bridgehead atoms. The third-order valence-corrected chi connectivity index (χ3v) is 13.5. The molecule has 0 saturated carbocycles. The van der Waals surface area contributed by atoms with E-state index in [1.807, 2.05) is 55.4 Å². The monoisotopic (exact) mass is 780 g/mol. The summed E-state index contributed by atoms with van der Waals surface area (Å²) in [5, 5.41) is 14.7. The van der Waals surface area contributed by atoms with Crippen molar-refractivity contribution in [1.82, 2.24) is 24.5 Å². The lowest BCUT2D eigenvalue weighted by molar-refractivity contribution is 0.00566. The number of fused-ring (bicyclic) bond motifs is 3. The third-order valence-electron chi connectivity index (χ3n) is 10.1. The van der Waals surface area contributed by atoms with Crippen molar-refractivity contribution in [2.75, 3.05) is 38.2 Å². The van der Waals surface area contributed by atoms with Crippen LogP contribution in [0.2, 0.25) is 51.4 Å². The highest BCUT2D eigenvalue weighted by Crippen LogP contribution is 2.47. The molecule has 3 aromatic rings. The van der Waals surface area contributed by atoms with E-state index in [9.17, 15) is 9.90 Å². The maximum atomic E-state index is 13.5. The summed E-state index contributed by atoms with van der Waals surface area (Å²) in [7, 11) is -2.68. The van der Waals surface area contributed by atoms with Crippen molar-refractivity contribution in [1.29, 1.82) is 0 Å². The molecule has 2 fully saturated rings. The van der Waals surface area contributed by atoms with Crippen molar-refractivity contribution < 1.29 is 28.8 Å². The van der Waals surface area contributed by atoms with E-state index in [2.05, 4.69) is 55.7 Å². The average Bonchev–Trinajstić information content (AvgIpc) is 3.62. The normalized spacial score (nSPS) is 19.0. The molecule has 5 heterocycles. The summed E-state index contributed by atoms with van der Waals surface area (Å²) in [6.45, 7) is 28.4. The van der Waals surface area contributed by atoms with Crippen LogP contribution >= 0.6 is 0 Å². The molecule has 1 unspecified atom stereocenters. The van der Waals surface area contributed by atoms with E-state index in [1.54, 1.807) is 6.20 Å². The van der Waals surface area contributed by atoms with E-state index in [0.717, 1.165) is 66.0 Å². The summed E-state index contributed by atoms with van der Waals surface area (Å²) >= 11 is 0. The highest BCUT2D eigenvalue weighted by molar-refractivity contribution is 6.76. The zero-order valence-electron chi connectivity index (χ0n) is 34.4. The molecule has 14 heteroatoms. The number of hydrogen-bond donors (Lipinski definition) is 1. The summed E-state index contributed by atoms with van der Waals surface area (Å²) in [6.07, 6.45) is 6.64. The van der Waals surface area contributed by atoms with Gasteiger partial charge in [-0.15, -0.1) is 0 Å². The van der Waals surface area contributed by atoms with Crippen LogP contribution in [-0.4, -0.2) is 103 Å². The number of carbonyl (C=O) groups excluding carboxylic acids is 1. The van der Waals surface area contributed by atoms with Crippen LogP contribution < -0.4 is 4.90 Å². The molecule has 2 saturated heterocycles. The van der Waals surface area contributed by atoms with E-state index in [4.69, 9.17) is 29.0 Å². The van der Waals surface area contributed by atoms with Crippen molar-refractivity contribution >= 4 is 39.5 Å². The molecule has 2 aliphatic rings. The minimum absolute atomic E-state index is 0.0113. The summed E-state index contributed by atoms with van der Waals surface area (Å²) in [4.78, 5) is 27.5. The van der Waals surface area contributed by atoms with Gasteiger partial charge in [0.1, 0.15) is 30.6 Å². The Hall–Kier alpha value is -3.31. The van der Waals surface area contributed by atoms with Crippen LogP contribution in [0.25, 0.3) is 22.5 Å². The van der Waals surface area contributed by atoms with Gasteiger partial charge in [0.05, 0.1) is 36.4 Å². The molecular weight excluding hydrogens is 717 g/mol. The van der Waals surface area contributed by atoms with Gasteiger partial charge < -0.3 is 33.9 Å². The molecule has 0 radical (unpaired) electrons. The van der Waals surface area contributed by atoms with E-state index in [-0.39, 0.29) is 44.2 Å². The lowest BCUT2D eigenvalue weighted by Crippen LogP contribution is -2.48. The molecule has 0 aromatic carbocycles.